The SMILES string of the molecule is CCOc1cccc(NCC(=O)N2CCc3ccccc32)c1[N+](=O)[O-]. The van der Waals surface area contributed by atoms with E-state index in [4.69, 9.17) is 4.74 Å². The Labute approximate surface area is 145 Å². The summed E-state index contributed by atoms with van der Waals surface area (Å²) in [7, 11) is 0. The van der Waals surface area contributed by atoms with Gasteiger partial charge in [-0.2, -0.15) is 0 Å². The standard InChI is InChI=1S/C18H19N3O4/c1-2-25-16-9-5-7-14(18(16)21(23)24)19-12-17(22)20-11-10-13-6-3-4-8-15(13)20/h3-9,19H,2,10-12H2,1H3. The summed E-state index contributed by atoms with van der Waals surface area (Å²) in [5, 5.41) is 14.3. The Balaban J connectivity index is 1.75. The van der Waals surface area contributed by atoms with Crippen LogP contribution in [0.5, 0.6) is 5.75 Å². The fourth-order valence-corrected chi connectivity index (χ4v) is 2.99. The molecular weight excluding hydrogens is 322 g/mol. The van der Waals surface area contributed by atoms with Crippen molar-refractivity contribution in [1.82, 2.24) is 0 Å². The van der Waals surface area contributed by atoms with Crippen LogP contribution >= 0.6 is 0 Å². The number of nitrogens with zero attached hydrogens (tertiary/aromatic N) is 2. The molecule has 0 spiro atoms. The molecule has 0 saturated carbocycles. The predicted octanol–water partition coefficient (Wildman–Crippen LogP) is 2.99. The highest BCUT2D eigenvalue weighted by Crippen LogP contribution is 2.35. The van der Waals surface area contributed by atoms with Crippen molar-refractivity contribution >= 4 is 23.0 Å². The Bertz CT molecular complexity index is 807. The van der Waals surface area contributed by atoms with E-state index in [9.17, 15) is 14.9 Å². The number of fused-ring (bicyclic) bond motifs is 1. The third-order valence-corrected chi connectivity index (χ3v) is 4.10. The van der Waals surface area contributed by atoms with Gasteiger partial charge in [0.2, 0.25) is 5.91 Å². The molecule has 0 aliphatic carbocycles. The number of hydrogen-bond donors (Lipinski definition) is 1. The zero-order valence-corrected chi connectivity index (χ0v) is 13.9. The van der Waals surface area contributed by atoms with Crippen LogP contribution < -0.4 is 15.0 Å². The number of carbonyl (C=O) groups excluding carboxylic acids is 1. The van der Waals surface area contributed by atoms with E-state index in [2.05, 4.69) is 5.32 Å². The molecule has 1 aliphatic rings. The molecule has 0 atom stereocenters. The van der Waals surface area contributed by atoms with Crippen LogP contribution in [0.2, 0.25) is 0 Å². The van der Waals surface area contributed by atoms with Crippen LogP contribution in [0.3, 0.4) is 0 Å². The molecule has 0 unspecified atom stereocenters. The minimum atomic E-state index is -0.497. The Hall–Kier alpha value is -3.09. The maximum absolute atomic E-state index is 12.5. The molecule has 3 rings (SSSR count). The number of ether oxygens (including phenoxy) is 1. The van der Waals surface area contributed by atoms with Crippen LogP contribution in [0, 0.1) is 10.1 Å². The van der Waals surface area contributed by atoms with Crippen LogP contribution in [0.1, 0.15) is 12.5 Å². The van der Waals surface area contributed by atoms with Crippen molar-refractivity contribution in [3.8, 4) is 5.75 Å². The van der Waals surface area contributed by atoms with Gasteiger partial charge in [0.05, 0.1) is 18.1 Å². The summed E-state index contributed by atoms with van der Waals surface area (Å²) in [6.45, 7) is 2.69. The summed E-state index contributed by atoms with van der Waals surface area (Å²) >= 11 is 0. The minimum Gasteiger partial charge on any atom is -0.487 e. The van der Waals surface area contributed by atoms with Crippen LogP contribution in [0.15, 0.2) is 42.5 Å². The Morgan fingerprint density at radius 3 is 2.84 bits per heavy atom. The van der Waals surface area contributed by atoms with Crippen molar-refractivity contribution in [2.75, 3.05) is 29.9 Å². The third kappa shape index (κ3) is 3.40. The summed E-state index contributed by atoms with van der Waals surface area (Å²) in [6.07, 6.45) is 0.821. The molecule has 2 aromatic rings. The summed E-state index contributed by atoms with van der Waals surface area (Å²) < 4.78 is 5.32. The Morgan fingerprint density at radius 1 is 1.28 bits per heavy atom. The molecule has 1 aliphatic heterocycles. The zero-order valence-electron chi connectivity index (χ0n) is 13.9. The lowest BCUT2D eigenvalue weighted by molar-refractivity contribution is -0.384. The van der Waals surface area contributed by atoms with Crippen molar-refractivity contribution in [2.24, 2.45) is 0 Å². The molecule has 0 fully saturated rings. The number of para-hydroxylation sites is 2. The number of anilines is 2. The number of nitro benzene ring substituents is 1. The molecule has 2 aromatic carbocycles. The molecule has 25 heavy (non-hydrogen) atoms. The van der Waals surface area contributed by atoms with Gasteiger partial charge in [-0.3, -0.25) is 14.9 Å². The second-order valence-electron chi connectivity index (χ2n) is 5.62. The summed E-state index contributed by atoms with van der Waals surface area (Å²) in [5.74, 6) is 0.0672. The van der Waals surface area contributed by atoms with E-state index in [1.807, 2.05) is 24.3 Å². The maximum Gasteiger partial charge on any atom is 0.333 e. The van der Waals surface area contributed by atoms with Crippen molar-refractivity contribution in [3.63, 3.8) is 0 Å². The lowest BCUT2D eigenvalue weighted by Crippen LogP contribution is -2.34. The van der Waals surface area contributed by atoms with E-state index in [0.717, 1.165) is 17.7 Å². The van der Waals surface area contributed by atoms with Crippen LogP contribution in [-0.2, 0) is 11.2 Å². The van der Waals surface area contributed by atoms with Gasteiger partial charge in [-0.1, -0.05) is 24.3 Å². The third-order valence-electron chi connectivity index (χ3n) is 4.10. The first-order valence-electron chi connectivity index (χ1n) is 8.14. The van der Waals surface area contributed by atoms with Gasteiger partial charge in [-0.15, -0.1) is 0 Å². The first kappa shape index (κ1) is 16.8. The second kappa shape index (κ2) is 7.21. The number of benzene rings is 2. The maximum atomic E-state index is 12.5. The molecule has 0 radical (unpaired) electrons. The zero-order chi connectivity index (χ0) is 17.8. The fourth-order valence-electron chi connectivity index (χ4n) is 2.99. The Morgan fingerprint density at radius 2 is 2.08 bits per heavy atom. The van der Waals surface area contributed by atoms with Crippen LogP contribution in [0.4, 0.5) is 17.1 Å². The molecular formula is C18H19N3O4. The van der Waals surface area contributed by atoms with E-state index in [1.54, 1.807) is 30.0 Å². The van der Waals surface area contributed by atoms with Crippen molar-refractivity contribution in [2.45, 2.75) is 13.3 Å². The van der Waals surface area contributed by atoms with Gasteiger partial charge >= 0.3 is 5.69 Å². The lowest BCUT2D eigenvalue weighted by Gasteiger charge is -2.18. The van der Waals surface area contributed by atoms with Gasteiger partial charge in [0.1, 0.15) is 5.69 Å². The van der Waals surface area contributed by atoms with E-state index >= 15 is 0 Å². The number of amides is 1. The van der Waals surface area contributed by atoms with Gasteiger partial charge in [0, 0.05) is 12.2 Å². The smallest absolute Gasteiger partial charge is 0.333 e. The predicted molar refractivity (Wildman–Crippen MR) is 95.3 cm³/mol. The molecule has 0 saturated heterocycles. The summed E-state index contributed by atoms with van der Waals surface area (Å²) in [6, 6.07) is 12.6. The van der Waals surface area contributed by atoms with Crippen molar-refractivity contribution in [1.29, 1.82) is 0 Å². The van der Waals surface area contributed by atoms with E-state index in [0.29, 0.717) is 13.2 Å². The lowest BCUT2D eigenvalue weighted by atomic mass is 10.2. The summed E-state index contributed by atoms with van der Waals surface area (Å²) in [4.78, 5) is 25.1. The van der Waals surface area contributed by atoms with E-state index in [1.165, 1.54) is 0 Å². The number of nitro groups is 1. The van der Waals surface area contributed by atoms with Crippen molar-refractivity contribution in [3.05, 3.63) is 58.1 Å². The first-order valence-corrected chi connectivity index (χ1v) is 8.14. The molecule has 7 nitrogen and oxygen atoms in total. The number of carbonyl (C=O) groups is 1. The van der Waals surface area contributed by atoms with E-state index in [-0.39, 0.29) is 29.6 Å². The highest BCUT2D eigenvalue weighted by molar-refractivity contribution is 5.98. The average Bonchev–Trinajstić information content (AvgIpc) is 3.04. The minimum absolute atomic E-state index is 0.0231. The van der Waals surface area contributed by atoms with Crippen LogP contribution in [-0.4, -0.2) is 30.5 Å². The van der Waals surface area contributed by atoms with E-state index < -0.39 is 4.92 Å². The Kier molecular flexibility index (Phi) is 4.83. The van der Waals surface area contributed by atoms with Gasteiger partial charge in [-0.05, 0) is 37.1 Å². The first-order chi connectivity index (χ1) is 12.1. The topological polar surface area (TPSA) is 84.7 Å². The molecule has 130 valence electrons. The van der Waals surface area contributed by atoms with Gasteiger partial charge in [-0.25, -0.2) is 0 Å². The summed E-state index contributed by atoms with van der Waals surface area (Å²) in [5.41, 5.74) is 2.17. The highest BCUT2D eigenvalue weighted by atomic mass is 16.6. The molecule has 0 aromatic heterocycles. The molecule has 1 N–H and O–H groups in total. The molecule has 1 heterocycles. The van der Waals surface area contributed by atoms with Crippen molar-refractivity contribution < 1.29 is 14.5 Å². The molecule has 7 heteroatoms. The quantitative estimate of drug-likeness (QED) is 0.645. The van der Waals surface area contributed by atoms with Crippen LogP contribution in [0.25, 0.3) is 0 Å². The van der Waals surface area contributed by atoms with Gasteiger partial charge in [0.25, 0.3) is 0 Å². The molecule has 0 bridgehead atoms. The largest absolute Gasteiger partial charge is 0.487 e. The van der Waals surface area contributed by atoms with Gasteiger partial charge in [0.15, 0.2) is 5.75 Å². The normalized spacial score (nSPS) is 12.6. The molecule has 1 amide bonds. The fraction of sp³-hybridized carbons (Fsp3) is 0.278. The highest BCUT2D eigenvalue weighted by Gasteiger charge is 2.25. The average molecular weight is 341 g/mol. The number of rotatable bonds is 6. The number of hydrogen-bond acceptors (Lipinski definition) is 5. The number of nitrogens with one attached hydrogen (secondary N) is 1. The second-order valence-corrected chi connectivity index (χ2v) is 5.62. The van der Waals surface area contributed by atoms with Gasteiger partial charge < -0.3 is 15.0 Å². The monoisotopic (exact) mass is 341 g/mol.